The van der Waals surface area contributed by atoms with Gasteiger partial charge in [-0.3, -0.25) is 9.59 Å². The Hall–Kier alpha value is -1.06. The predicted octanol–water partition coefficient (Wildman–Crippen LogP) is 3.78. The van der Waals surface area contributed by atoms with Crippen LogP contribution in [0.2, 0.25) is 0 Å². The molecule has 0 spiro atoms. The number of ether oxygens (including phenoxy) is 1. The molecule has 0 heterocycles. The Kier molecular flexibility index (Phi) is 9.27. The maximum Gasteiger partial charge on any atom is 0.323 e. The fourth-order valence-electron chi connectivity index (χ4n) is 2.36. The molecule has 4 heteroatoms. The summed E-state index contributed by atoms with van der Waals surface area (Å²) >= 11 is 0. The SMILES string of the molecule is CCCCCCCC(CCC)(C(=O)O)C(=O)OCC. The van der Waals surface area contributed by atoms with Crippen molar-refractivity contribution in [3.8, 4) is 0 Å². The van der Waals surface area contributed by atoms with E-state index in [1.807, 2.05) is 6.92 Å². The molecule has 0 aliphatic heterocycles. The van der Waals surface area contributed by atoms with Gasteiger partial charge in [0.1, 0.15) is 0 Å². The van der Waals surface area contributed by atoms with Gasteiger partial charge >= 0.3 is 11.9 Å². The number of carbonyl (C=O) groups excluding carboxylic acids is 1. The number of carbonyl (C=O) groups is 2. The Morgan fingerprint density at radius 1 is 0.947 bits per heavy atom. The second-order valence-electron chi connectivity index (χ2n) is 5.02. The van der Waals surface area contributed by atoms with Gasteiger partial charge in [0.25, 0.3) is 0 Å². The molecular weight excluding hydrogens is 244 g/mol. The Morgan fingerprint density at radius 2 is 1.58 bits per heavy atom. The van der Waals surface area contributed by atoms with Crippen molar-refractivity contribution in [3.05, 3.63) is 0 Å². The fraction of sp³-hybridized carbons (Fsp3) is 0.867. The van der Waals surface area contributed by atoms with E-state index in [0.717, 1.165) is 32.1 Å². The molecule has 0 fully saturated rings. The number of carboxylic acid groups (broad SMARTS) is 1. The molecule has 1 atom stereocenters. The van der Waals surface area contributed by atoms with Crippen LogP contribution in [0, 0.1) is 5.41 Å². The van der Waals surface area contributed by atoms with E-state index in [-0.39, 0.29) is 6.61 Å². The number of aliphatic carboxylic acids is 1. The van der Waals surface area contributed by atoms with Gasteiger partial charge in [0.2, 0.25) is 0 Å². The summed E-state index contributed by atoms with van der Waals surface area (Å²) in [5, 5.41) is 9.45. The lowest BCUT2D eigenvalue weighted by molar-refractivity contribution is -0.170. The zero-order valence-electron chi connectivity index (χ0n) is 12.5. The minimum atomic E-state index is -1.34. The molecule has 0 rings (SSSR count). The lowest BCUT2D eigenvalue weighted by atomic mass is 9.78. The average molecular weight is 272 g/mol. The lowest BCUT2D eigenvalue weighted by Gasteiger charge is -2.26. The minimum absolute atomic E-state index is 0.230. The summed E-state index contributed by atoms with van der Waals surface area (Å²) in [7, 11) is 0. The van der Waals surface area contributed by atoms with Crippen LogP contribution in [0.25, 0.3) is 0 Å². The molecule has 0 saturated carbocycles. The highest BCUT2D eigenvalue weighted by molar-refractivity contribution is 5.99. The van der Waals surface area contributed by atoms with Crippen molar-refractivity contribution >= 4 is 11.9 Å². The van der Waals surface area contributed by atoms with Gasteiger partial charge < -0.3 is 9.84 Å². The fourth-order valence-corrected chi connectivity index (χ4v) is 2.36. The first-order valence-corrected chi connectivity index (χ1v) is 7.45. The molecule has 0 aromatic rings. The van der Waals surface area contributed by atoms with Crippen molar-refractivity contribution in [2.45, 2.75) is 72.1 Å². The molecule has 1 unspecified atom stereocenters. The Labute approximate surface area is 116 Å². The lowest BCUT2D eigenvalue weighted by Crippen LogP contribution is -2.40. The van der Waals surface area contributed by atoms with Crippen LogP contribution in [0.4, 0.5) is 0 Å². The van der Waals surface area contributed by atoms with Crippen LogP contribution in [0.5, 0.6) is 0 Å². The maximum atomic E-state index is 12.0. The summed E-state index contributed by atoms with van der Waals surface area (Å²) in [6.07, 6.45) is 6.57. The van der Waals surface area contributed by atoms with Gasteiger partial charge in [0, 0.05) is 0 Å². The molecule has 0 aliphatic carbocycles. The van der Waals surface area contributed by atoms with E-state index in [2.05, 4.69) is 6.92 Å². The van der Waals surface area contributed by atoms with Gasteiger partial charge in [0.05, 0.1) is 6.61 Å². The van der Waals surface area contributed by atoms with E-state index in [4.69, 9.17) is 4.74 Å². The number of rotatable bonds is 11. The van der Waals surface area contributed by atoms with E-state index in [1.54, 1.807) is 6.92 Å². The van der Waals surface area contributed by atoms with E-state index >= 15 is 0 Å². The van der Waals surface area contributed by atoms with Crippen molar-refractivity contribution in [1.29, 1.82) is 0 Å². The predicted molar refractivity (Wildman–Crippen MR) is 75.0 cm³/mol. The van der Waals surface area contributed by atoms with Crippen LogP contribution < -0.4 is 0 Å². The molecule has 0 aliphatic rings. The van der Waals surface area contributed by atoms with Gasteiger partial charge in [-0.25, -0.2) is 0 Å². The van der Waals surface area contributed by atoms with Gasteiger partial charge in [-0.15, -0.1) is 0 Å². The summed E-state index contributed by atoms with van der Waals surface area (Å²) in [6.45, 7) is 5.97. The average Bonchev–Trinajstić information content (AvgIpc) is 2.37. The molecule has 1 N–H and O–H groups in total. The summed E-state index contributed by atoms with van der Waals surface area (Å²) in [5.41, 5.74) is -1.34. The number of unbranched alkanes of at least 4 members (excludes halogenated alkanes) is 4. The van der Waals surface area contributed by atoms with Crippen LogP contribution in [0.1, 0.15) is 72.1 Å². The molecule has 0 radical (unpaired) electrons. The molecular formula is C15H28O4. The number of carboxylic acids is 1. The molecule has 19 heavy (non-hydrogen) atoms. The normalized spacial score (nSPS) is 13.8. The third-order valence-corrected chi connectivity index (χ3v) is 3.46. The topological polar surface area (TPSA) is 63.6 Å². The van der Waals surface area contributed by atoms with Crippen molar-refractivity contribution in [2.24, 2.45) is 5.41 Å². The molecule has 4 nitrogen and oxygen atoms in total. The summed E-state index contributed by atoms with van der Waals surface area (Å²) in [4.78, 5) is 23.6. The summed E-state index contributed by atoms with van der Waals surface area (Å²) in [6, 6.07) is 0. The van der Waals surface area contributed by atoms with Gasteiger partial charge in [-0.05, 0) is 19.8 Å². The largest absolute Gasteiger partial charge is 0.480 e. The molecule has 0 amide bonds. The third-order valence-electron chi connectivity index (χ3n) is 3.46. The highest BCUT2D eigenvalue weighted by Crippen LogP contribution is 2.33. The van der Waals surface area contributed by atoms with Crippen LogP contribution in [0.15, 0.2) is 0 Å². The standard InChI is InChI=1S/C15H28O4/c1-4-7-8-9-10-12-15(11-5-2,13(16)17)14(18)19-6-3/h4-12H2,1-3H3,(H,16,17). The number of esters is 1. The Morgan fingerprint density at radius 3 is 2.05 bits per heavy atom. The smallest absolute Gasteiger partial charge is 0.323 e. The number of hydrogen-bond donors (Lipinski definition) is 1. The van der Waals surface area contributed by atoms with E-state index < -0.39 is 17.4 Å². The molecule has 0 aromatic carbocycles. The van der Waals surface area contributed by atoms with E-state index in [9.17, 15) is 14.7 Å². The van der Waals surface area contributed by atoms with Crippen molar-refractivity contribution in [3.63, 3.8) is 0 Å². The van der Waals surface area contributed by atoms with Crippen LogP contribution >= 0.6 is 0 Å². The zero-order chi connectivity index (χ0) is 14.7. The van der Waals surface area contributed by atoms with Crippen molar-refractivity contribution in [2.75, 3.05) is 6.61 Å². The van der Waals surface area contributed by atoms with Crippen LogP contribution in [0.3, 0.4) is 0 Å². The van der Waals surface area contributed by atoms with Gasteiger partial charge in [-0.2, -0.15) is 0 Å². The molecule has 0 aromatic heterocycles. The minimum Gasteiger partial charge on any atom is -0.480 e. The monoisotopic (exact) mass is 272 g/mol. The quantitative estimate of drug-likeness (QED) is 0.353. The maximum absolute atomic E-state index is 12.0. The highest BCUT2D eigenvalue weighted by Gasteiger charge is 2.46. The van der Waals surface area contributed by atoms with E-state index in [0.29, 0.717) is 19.3 Å². The highest BCUT2D eigenvalue weighted by atomic mass is 16.5. The Bertz CT molecular complexity index is 275. The van der Waals surface area contributed by atoms with Gasteiger partial charge in [0.15, 0.2) is 5.41 Å². The van der Waals surface area contributed by atoms with Crippen LogP contribution in [-0.4, -0.2) is 23.7 Å². The second-order valence-corrected chi connectivity index (χ2v) is 5.02. The zero-order valence-corrected chi connectivity index (χ0v) is 12.5. The van der Waals surface area contributed by atoms with Crippen LogP contribution in [-0.2, 0) is 14.3 Å². The molecule has 112 valence electrons. The first-order valence-electron chi connectivity index (χ1n) is 7.45. The third kappa shape index (κ3) is 5.62. The first kappa shape index (κ1) is 17.9. The molecule has 0 saturated heterocycles. The summed E-state index contributed by atoms with van der Waals surface area (Å²) < 4.78 is 4.98. The molecule has 0 bridgehead atoms. The summed E-state index contributed by atoms with van der Waals surface area (Å²) in [5.74, 6) is -1.61. The number of hydrogen-bond acceptors (Lipinski definition) is 3. The second kappa shape index (κ2) is 9.82. The Balaban J connectivity index is 4.63. The van der Waals surface area contributed by atoms with Gasteiger partial charge in [-0.1, -0.05) is 52.4 Å². The first-order chi connectivity index (χ1) is 9.05. The van der Waals surface area contributed by atoms with Crippen molar-refractivity contribution < 1.29 is 19.4 Å². The van der Waals surface area contributed by atoms with Crippen molar-refractivity contribution in [1.82, 2.24) is 0 Å². The van der Waals surface area contributed by atoms with E-state index in [1.165, 1.54) is 0 Å².